The molecule has 0 bridgehead atoms. The summed E-state index contributed by atoms with van der Waals surface area (Å²) >= 11 is 0. The Kier molecular flexibility index (Phi) is 3.77. The van der Waals surface area contributed by atoms with Crippen molar-refractivity contribution in [2.45, 2.75) is 26.4 Å². The Balaban J connectivity index is 2.99. The van der Waals surface area contributed by atoms with Crippen molar-refractivity contribution in [3.8, 4) is 5.75 Å². The van der Waals surface area contributed by atoms with Crippen molar-refractivity contribution < 1.29 is 18.3 Å². The van der Waals surface area contributed by atoms with Gasteiger partial charge in [0.05, 0.1) is 0 Å². The molecule has 0 spiro atoms. The first-order chi connectivity index (χ1) is 7.04. The number of benzene rings is 1. The molecule has 2 nitrogen and oxygen atoms in total. The standard InChI is InChI=1S/C11H12F2O2/c1-7-3-4-9(15-11(12)13)5-10(7)8(2)6-14/h3-6,8,11H,1-2H3. The van der Waals surface area contributed by atoms with Crippen LogP contribution in [0.3, 0.4) is 0 Å². The van der Waals surface area contributed by atoms with Crippen LogP contribution in [0.5, 0.6) is 5.75 Å². The van der Waals surface area contributed by atoms with E-state index in [0.717, 1.165) is 11.8 Å². The normalized spacial score (nSPS) is 12.6. The average Bonchev–Trinajstić information content (AvgIpc) is 2.19. The van der Waals surface area contributed by atoms with E-state index in [9.17, 15) is 13.6 Å². The number of ether oxygens (including phenoxy) is 1. The van der Waals surface area contributed by atoms with E-state index in [0.29, 0.717) is 5.56 Å². The van der Waals surface area contributed by atoms with Crippen LogP contribution in [0.2, 0.25) is 0 Å². The third-order valence-corrected chi connectivity index (χ3v) is 2.17. The molecule has 0 radical (unpaired) electrons. The number of hydrogen-bond donors (Lipinski definition) is 0. The monoisotopic (exact) mass is 214 g/mol. The maximum absolute atomic E-state index is 11.9. The van der Waals surface area contributed by atoms with Crippen molar-refractivity contribution >= 4 is 6.29 Å². The molecule has 1 aromatic carbocycles. The number of hydrogen-bond acceptors (Lipinski definition) is 2. The lowest BCUT2D eigenvalue weighted by Crippen LogP contribution is -2.04. The first-order valence-electron chi connectivity index (χ1n) is 4.55. The second-order valence-electron chi connectivity index (χ2n) is 3.32. The van der Waals surface area contributed by atoms with Crippen molar-refractivity contribution in [1.82, 2.24) is 0 Å². The molecule has 0 aromatic heterocycles. The Bertz CT molecular complexity index is 350. The Morgan fingerprint density at radius 1 is 1.40 bits per heavy atom. The summed E-state index contributed by atoms with van der Waals surface area (Å²) in [6.45, 7) is 0.690. The summed E-state index contributed by atoms with van der Waals surface area (Å²) in [4.78, 5) is 10.6. The summed E-state index contributed by atoms with van der Waals surface area (Å²) in [7, 11) is 0. The number of rotatable bonds is 4. The molecule has 0 fully saturated rings. The van der Waals surface area contributed by atoms with Gasteiger partial charge in [0.2, 0.25) is 0 Å². The van der Waals surface area contributed by atoms with Crippen molar-refractivity contribution in [1.29, 1.82) is 0 Å². The van der Waals surface area contributed by atoms with E-state index in [1.807, 2.05) is 6.92 Å². The first kappa shape index (κ1) is 11.6. The molecule has 0 amide bonds. The zero-order valence-electron chi connectivity index (χ0n) is 8.54. The predicted molar refractivity (Wildman–Crippen MR) is 52.3 cm³/mol. The highest BCUT2D eigenvalue weighted by Crippen LogP contribution is 2.24. The summed E-state index contributed by atoms with van der Waals surface area (Å²) in [6, 6.07) is 4.59. The number of aldehydes is 1. The van der Waals surface area contributed by atoms with E-state index in [2.05, 4.69) is 4.74 Å². The van der Waals surface area contributed by atoms with Gasteiger partial charge in [0.25, 0.3) is 0 Å². The van der Waals surface area contributed by atoms with Crippen LogP contribution in [-0.4, -0.2) is 12.9 Å². The van der Waals surface area contributed by atoms with Crippen LogP contribution in [0, 0.1) is 6.92 Å². The van der Waals surface area contributed by atoms with Crippen molar-refractivity contribution in [2.75, 3.05) is 0 Å². The van der Waals surface area contributed by atoms with Gasteiger partial charge in [0, 0.05) is 5.92 Å². The second kappa shape index (κ2) is 4.87. The summed E-state index contributed by atoms with van der Waals surface area (Å²) in [5.41, 5.74) is 1.60. The maximum atomic E-state index is 11.9. The minimum absolute atomic E-state index is 0.0827. The second-order valence-corrected chi connectivity index (χ2v) is 3.32. The van der Waals surface area contributed by atoms with Crippen molar-refractivity contribution in [3.63, 3.8) is 0 Å². The molecular weight excluding hydrogens is 202 g/mol. The summed E-state index contributed by atoms with van der Waals surface area (Å²) in [5.74, 6) is -0.231. The van der Waals surface area contributed by atoms with Crippen LogP contribution in [-0.2, 0) is 4.79 Å². The van der Waals surface area contributed by atoms with E-state index in [-0.39, 0.29) is 11.7 Å². The third kappa shape index (κ3) is 3.01. The minimum atomic E-state index is -2.84. The van der Waals surface area contributed by atoms with Gasteiger partial charge in [0.1, 0.15) is 12.0 Å². The summed E-state index contributed by atoms with van der Waals surface area (Å²) in [5, 5.41) is 0. The molecule has 0 aliphatic rings. The third-order valence-electron chi connectivity index (χ3n) is 2.17. The minimum Gasteiger partial charge on any atom is -0.435 e. The van der Waals surface area contributed by atoms with E-state index < -0.39 is 6.61 Å². The largest absolute Gasteiger partial charge is 0.435 e. The fourth-order valence-electron chi connectivity index (χ4n) is 1.36. The Hall–Kier alpha value is -1.45. The van der Waals surface area contributed by atoms with Gasteiger partial charge in [-0.3, -0.25) is 0 Å². The lowest BCUT2D eigenvalue weighted by molar-refractivity contribution is -0.108. The van der Waals surface area contributed by atoms with Crippen LogP contribution in [0.4, 0.5) is 8.78 Å². The van der Waals surface area contributed by atoms with E-state index in [4.69, 9.17) is 0 Å². The Morgan fingerprint density at radius 2 is 2.07 bits per heavy atom. The lowest BCUT2D eigenvalue weighted by atomic mass is 9.97. The molecule has 15 heavy (non-hydrogen) atoms. The SMILES string of the molecule is Cc1ccc(OC(F)F)cc1C(C)C=O. The van der Waals surface area contributed by atoms with E-state index in [1.54, 1.807) is 13.0 Å². The number of carbonyl (C=O) groups is 1. The smallest absolute Gasteiger partial charge is 0.387 e. The van der Waals surface area contributed by atoms with Crippen LogP contribution >= 0.6 is 0 Å². The zero-order chi connectivity index (χ0) is 11.4. The van der Waals surface area contributed by atoms with E-state index >= 15 is 0 Å². The molecule has 0 aliphatic heterocycles. The molecule has 0 aliphatic carbocycles. The Labute approximate surface area is 86.9 Å². The number of halogens is 2. The molecular formula is C11H12F2O2. The lowest BCUT2D eigenvalue weighted by Gasteiger charge is -2.11. The van der Waals surface area contributed by atoms with Crippen LogP contribution in [0.25, 0.3) is 0 Å². The molecule has 1 unspecified atom stereocenters. The quantitative estimate of drug-likeness (QED) is 0.720. The van der Waals surface area contributed by atoms with Gasteiger partial charge >= 0.3 is 6.61 Å². The van der Waals surface area contributed by atoms with Gasteiger partial charge in [-0.25, -0.2) is 0 Å². The molecule has 0 saturated carbocycles. The van der Waals surface area contributed by atoms with Gasteiger partial charge < -0.3 is 9.53 Å². The molecule has 0 N–H and O–H groups in total. The van der Waals surface area contributed by atoms with Crippen LogP contribution < -0.4 is 4.74 Å². The van der Waals surface area contributed by atoms with Gasteiger partial charge in [-0.1, -0.05) is 13.0 Å². The van der Waals surface area contributed by atoms with Crippen molar-refractivity contribution in [2.24, 2.45) is 0 Å². The average molecular weight is 214 g/mol. The predicted octanol–water partition coefficient (Wildman–Crippen LogP) is 2.90. The van der Waals surface area contributed by atoms with Crippen LogP contribution in [0.15, 0.2) is 18.2 Å². The van der Waals surface area contributed by atoms with Gasteiger partial charge in [-0.15, -0.1) is 0 Å². The molecule has 0 heterocycles. The summed E-state index contributed by atoms with van der Waals surface area (Å²) in [6.07, 6.45) is 0.772. The highest BCUT2D eigenvalue weighted by atomic mass is 19.3. The molecule has 1 atom stereocenters. The molecule has 0 saturated heterocycles. The van der Waals surface area contributed by atoms with Gasteiger partial charge in [-0.2, -0.15) is 8.78 Å². The molecule has 82 valence electrons. The number of aryl methyl sites for hydroxylation is 1. The highest BCUT2D eigenvalue weighted by Gasteiger charge is 2.10. The molecule has 1 aromatic rings. The fourth-order valence-corrected chi connectivity index (χ4v) is 1.36. The number of alkyl halides is 2. The van der Waals surface area contributed by atoms with E-state index in [1.165, 1.54) is 12.1 Å². The summed E-state index contributed by atoms with van der Waals surface area (Å²) < 4.78 is 28.1. The van der Waals surface area contributed by atoms with Crippen LogP contribution in [0.1, 0.15) is 24.0 Å². The first-order valence-corrected chi connectivity index (χ1v) is 4.55. The van der Waals surface area contributed by atoms with Crippen molar-refractivity contribution in [3.05, 3.63) is 29.3 Å². The number of carbonyl (C=O) groups excluding carboxylic acids is 1. The highest BCUT2D eigenvalue weighted by molar-refractivity contribution is 5.63. The van der Waals surface area contributed by atoms with Gasteiger partial charge in [-0.05, 0) is 30.2 Å². The molecule has 4 heteroatoms. The topological polar surface area (TPSA) is 26.3 Å². The zero-order valence-corrected chi connectivity index (χ0v) is 8.54. The fraction of sp³-hybridized carbons (Fsp3) is 0.364. The molecule has 1 rings (SSSR count). The Morgan fingerprint density at radius 3 is 2.60 bits per heavy atom. The van der Waals surface area contributed by atoms with Gasteiger partial charge in [0.15, 0.2) is 0 Å². The maximum Gasteiger partial charge on any atom is 0.387 e.